The number of methoxy groups -OCH3 is 1. The van der Waals surface area contributed by atoms with E-state index in [4.69, 9.17) is 9.47 Å². The third-order valence-electron chi connectivity index (χ3n) is 5.85. The highest BCUT2D eigenvalue weighted by Crippen LogP contribution is 2.42. The minimum absolute atomic E-state index is 0.106. The Morgan fingerprint density at radius 2 is 1.97 bits per heavy atom. The van der Waals surface area contributed by atoms with Crippen LogP contribution < -0.4 is 0 Å². The van der Waals surface area contributed by atoms with Crippen molar-refractivity contribution in [3.05, 3.63) is 35.2 Å². The predicted molar refractivity (Wildman–Crippen MR) is 135 cm³/mol. The second-order valence-corrected chi connectivity index (χ2v) is 9.95. The molecule has 178 valence electrons. The Balaban J connectivity index is 2.56. The fourth-order valence-electron chi connectivity index (χ4n) is 3.89. The Kier molecular flexibility index (Phi) is 15.6. The Morgan fingerprint density at radius 1 is 1.16 bits per heavy atom. The number of thioether (sulfide) groups is 1. The zero-order valence-electron chi connectivity index (χ0n) is 20.5. The molecule has 0 aliphatic heterocycles. The molecule has 0 saturated heterocycles. The second-order valence-electron chi connectivity index (χ2n) is 8.81. The van der Waals surface area contributed by atoms with E-state index < -0.39 is 0 Å². The number of unbranched alkanes of at least 4 members (excludes halogenated alkanes) is 3. The summed E-state index contributed by atoms with van der Waals surface area (Å²) in [6, 6.07) is 0. The average Bonchev–Trinajstić information content (AvgIpc) is 3.13. The Bertz CT molecular complexity index is 579. The number of rotatable bonds is 18. The molecule has 0 aromatic heterocycles. The van der Waals surface area contributed by atoms with E-state index in [0.29, 0.717) is 12.3 Å². The molecule has 4 heteroatoms. The zero-order chi connectivity index (χ0) is 22.9. The molecule has 0 amide bonds. The van der Waals surface area contributed by atoms with Gasteiger partial charge in [0, 0.05) is 30.1 Å². The standard InChI is InChI=1S/C27H46O3S/c1-6-8-15-22(3)16-11-12-17-24-19-20-25(30-23(4)14-7-2)27(24)31-21-13-9-10-18-26(28)29-5/h12,17,22,24H,4,6-11,13-16,18-21H2,1-3,5H3/b17-12+. The minimum atomic E-state index is -0.106. The van der Waals surface area contributed by atoms with Gasteiger partial charge in [-0.2, -0.15) is 0 Å². The normalized spacial score (nSPS) is 17.4. The smallest absolute Gasteiger partial charge is 0.305 e. The average molecular weight is 451 g/mol. The largest absolute Gasteiger partial charge is 0.469 e. The molecule has 2 atom stereocenters. The highest BCUT2D eigenvalue weighted by molar-refractivity contribution is 8.03. The molecule has 0 bridgehead atoms. The quantitative estimate of drug-likeness (QED) is 0.0906. The molecule has 3 nitrogen and oxygen atoms in total. The maximum absolute atomic E-state index is 11.2. The van der Waals surface area contributed by atoms with Crippen molar-refractivity contribution in [2.24, 2.45) is 11.8 Å². The van der Waals surface area contributed by atoms with Crippen LogP contribution in [0, 0.1) is 11.8 Å². The molecule has 1 aliphatic carbocycles. The number of carbonyl (C=O) groups excluding carboxylic acids is 1. The SMILES string of the molecule is C=C(CCC)OC1=C(SCCCCCC(=O)OC)C(/C=C/CCC(C)CCCC)CC1. The van der Waals surface area contributed by atoms with Gasteiger partial charge in [-0.15, -0.1) is 11.8 Å². The van der Waals surface area contributed by atoms with Crippen LogP contribution in [0.1, 0.15) is 104 Å². The molecule has 0 aromatic carbocycles. The van der Waals surface area contributed by atoms with E-state index in [-0.39, 0.29) is 5.97 Å². The lowest BCUT2D eigenvalue weighted by Crippen LogP contribution is -2.00. The topological polar surface area (TPSA) is 35.5 Å². The first-order chi connectivity index (χ1) is 15.0. The fourth-order valence-corrected chi connectivity index (χ4v) is 5.18. The summed E-state index contributed by atoms with van der Waals surface area (Å²) < 4.78 is 10.9. The van der Waals surface area contributed by atoms with Crippen LogP contribution in [-0.4, -0.2) is 18.8 Å². The van der Waals surface area contributed by atoms with Crippen molar-refractivity contribution >= 4 is 17.7 Å². The van der Waals surface area contributed by atoms with Gasteiger partial charge < -0.3 is 9.47 Å². The molecule has 1 rings (SSSR count). The first-order valence-corrected chi connectivity index (χ1v) is 13.4. The molecule has 0 fully saturated rings. The molecule has 0 spiro atoms. The predicted octanol–water partition coefficient (Wildman–Crippen LogP) is 8.57. The summed E-state index contributed by atoms with van der Waals surface area (Å²) in [5.41, 5.74) is 0. The van der Waals surface area contributed by atoms with Crippen LogP contribution >= 0.6 is 11.8 Å². The van der Waals surface area contributed by atoms with Gasteiger partial charge in [0.25, 0.3) is 0 Å². The van der Waals surface area contributed by atoms with Crippen LogP contribution in [-0.2, 0) is 14.3 Å². The summed E-state index contributed by atoms with van der Waals surface area (Å²) in [4.78, 5) is 12.7. The molecule has 0 N–H and O–H groups in total. The minimum Gasteiger partial charge on any atom is -0.469 e. The number of carbonyl (C=O) groups is 1. The summed E-state index contributed by atoms with van der Waals surface area (Å²) >= 11 is 1.95. The van der Waals surface area contributed by atoms with E-state index in [1.807, 2.05) is 11.8 Å². The molecule has 31 heavy (non-hydrogen) atoms. The van der Waals surface area contributed by atoms with Crippen molar-refractivity contribution in [2.45, 2.75) is 104 Å². The van der Waals surface area contributed by atoms with Gasteiger partial charge in [-0.05, 0) is 50.2 Å². The number of hydrogen-bond acceptors (Lipinski definition) is 4. The monoisotopic (exact) mass is 450 g/mol. The molecular weight excluding hydrogens is 404 g/mol. The summed E-state index contributed by atoms with van der Waals surface area (Å²) in [7, 11) is 1.46. The van der Waals surface area contributed by atoms with Crippen molar-refractivity contribution in [1.29, 1.82) is 0 Å². The van der Waals surface area contributed by atoms with Gasteiger partial charge in [0.1, 0.15) is 5.76 Å². The highest BCUT2D eigenvalue weighted by Gasteiger charge is 2.26. The molecular formula is C27H46O3S. The lowest BCUT2D eigenvalue weighted by molar-refractivity contribution is -0.140. The number of ether oxygens (including phenoxy) is 2. The second kappa shape index (κ2) is 17.4. The van der Waals surface area contributed by atoms with Crippen LogP contribution in [0.15, 0.2) is 35.2 Å². The Hall–Kier alpha value is -1.16. The Morgan fingerprint density at radius 3 is 2.68 bits per heavy atom. The van der Waals surface area contributed by atoms with E-state index in [9.17, 15) is 4.79 Å². The van der Waals surface area contributed by atoms with Crippen LogP contribution in [0.25, 0.3) is 0 Å². The van der Waals surface area contributed by atoms with E-state index in [2.05, 4.69) is 39.5 Å². The third kappa shape index (κ3) is 12.5. The molecule has 1 aliphatic rings. The van der Waals surface area contributed by atoms with Crippen LogP contribution in [0.3, 0.4) is 0 Å². The summed E-state index contributed by atoms with van der Waals surface area (Å²) in [5, 5.41) is 0. The van der Waals surface area contributed by atoms with Crippen LogP contribution in [0.5, 0.6) is 0 Å². The summed E-state index contributed by atoms with van der Waals surface area (Å²) in [6.07, 6.45) is 19.0. The summed E-state index contributed by atoms with van der Waals surface area (Å²) in [6.45, 7) is 10.9. The van der Waals surface area contributed by atoms with Crippen molar-refractivity contribution < 1.29 is 14.3 Å². The maximum atomic E-state index is 11.2. The van der Waals surface area contributed by atoms with Gasteiger partial charge >= 0.3 is 5.97 Å². The molecule has 0 heterocycles. The van der Waals surface area contributed by atoms with Gasteiger partial charge in [0.2, 0.25) is 0 Å². The lowest BCUT2D eigenvalue weighted by Gasteiger charge is -2.14. The van der Waals surface area contributed by atoms with Gasteiger partial charge in [-0.3, -0.25) is 4.79 Å². The molecule has 2 unspecified atom stereocenters. The highest BCUT2D eigenvalue weighted by atomic mass is 32.2. The molecule has 0 radical (unpaired) electrons. The first-order valence-electron chi connectivity index (χ1n) is 12.5. The fraction of sp³-hybridized carbons (Fsp3) is 0.741. The van der Waals surface area contributed by atoms with E-state index in [1.165, 1.54) is 44.1 Å². The number of esters is 1. The van der Waals surface area contributed by atoms with E-state index in [0.717, 1.165) is 68.1 Å². The van der Waals surface area contributed by atoms with Gasteiger partial charge in [0.15, 0.2) is 0 Å². The van der Waals surface area contributed by atoms with Crippen molar-refractivity contribution in [1.82, 2.24) is 0 Å². The first kappa shape index (κ1) is 27.9. The number of hydrogen-bond donors (Lipinski definition) is 0. The van der Waals surface area contributed by atoms with Crippen molar-refractivity contribution in [2.75, 3.05) is 12.9 Å². The van der Waals surface area contributed by atoms with Crippen LogP contribution in [0.2, 0.25) is 0 Å². The Labute approximate surface area is 196 Å². The maximum Gasteiger partial charge on any atom is 0.305 e. The van der Waals surface area contributed by atoms with Gasteiger partial charge in [-0.1, -0.05) is 65.2 Å². The molecule has 0 aromatic rings. The zero-order valence-corrected chi connectivity index (χ0v) is 21.4. The number of allylic oxidation sites excluding steroid dienone is 5. The van der Waals surface area contributed by atoms with Gasteiger partial charge in [-0.25, -0.2) is 0 Å². The van der Waals surface area contributed by atoms with E-state index >= 15 is 0 Å². The third-order valence-corrected chi connectivity index (χ3v) is 7.18. The van der Waals surface area contributed by atoms with Crippen LogP contribution in [0.4, 0.5) is 0 Å². The van der Waals surface area contributed by atoms with Gasteiger partial charge in [0.05, 0.1) is 12.9 Å². The lowest BCUT2D eigenvalue weighted by atomic mass is 9.98. The summed E-state index contributed by atoms with van der Waals surface area (Å²) in [5.74, 6) is 4.30. The van der Waals surface area contributed by atoms with Crippen molar-refractivity contribution in [3.8, 4) is 0 Å². The van der Waals surface area contributed by atoms with Crippen molar-refractivity contribution in [3.63, 3.8) is 0 Å². The molecule has 0 saturated carbocycles. The van der Waals surface area contributed by atoms with E-state index in [1.54, 1.807) is 0 Å².